The summed E-state index contributed by atoms with van der Waals surface area (Å²) in [5, 5.41) is 6.18. The lowest BCUT2D eigenvalue weighted by Gasteiger charge is -2.16. The molecule has 26 heavy (non-hydrogen) atoms. The third-order valence-corrected chi connectivity index (χ3v) is 4.64. The lowest BCUT2D eigenvalue weighted by molar-refractivity contribution is 0.101. The molecular weight excluding hydrogens is 328 g/mol. The van der Waals surface area contributed by atoms with Crippen LogP contribution in [-0.4, -0.2) is 27.7 Å². The quantitative estimate of drug-likeness (QED) is 0.626. The number of hydrogen-bond acceptors (Lipinski definition) is 5. The summed E-state index contributed by atoms with van der Waals surface area (Å²) in [6.07, 6.45) is 10.5. The Morgan fingerprint density at radius 2 is 1.65 bits per heavy atom. The number of amides is 1. The molecule has 0 bridgehead atoms. The van der Waals surface area contributed by atoms with E-state index in [1.165, 1.54) is 38.8 Å². The van der Waals surface area contributed by atoms with E-state index in [0.717, 1.165) is 12.8 Å². The fraction of sp³-hybridized carbons (Fsp3) is 0.400. The third kappa shape index (κ3) is 4.88. The molecule has 0 saturated heterocycles. The number of ketones is 1. The number of anilines is 2. The van der Waals surface area contributed by atoms with Crippen molar-refractivity contribution in [1.82, 2.24) is 9.97 Å². The number of Topliss-reactive ketones (excluding diaryl/α,β-unsaturated/α-hetero) is 1. The molecule has 0 atom stereocenters. The number of nitrogens with one attached hydrogen (secondary N) is 2. The summed E-state index contributed by atoms with van der Waals surface area (Å²) in [5.74, 6) is 0.374. The number of nitrogens with zero attached hydrogens (tertiary/aromatic N) is 2. The molecule has 2 N–H and O–H groups in total. The van der Waals surface area contributed by atoms with Gasteiger partial charge in [0, 0.05) is 17.3 Å². The van der Waals surface area contributed by atoms with E-state index in [4.69, 9.17) is 0 Å². The molecular formula is C20H24N4O2. The first-order valence-electron chi connectivity index (χ1n) is 9.13. The minimum atomic E-state index is -0.325. The van der Waals surface area contributed by atoms with E-state index in [9.17, 15) is 9.59 Å². The Hall–Kier alpha value is -2.76. The Morgan fingerprint density at radius 3 is 2.23 bits per heavy atom. The van der Waals surface area contributed by atoms with E-state index in [-0.39, 0.29) is 17.4 Å². The minimum absolute atomic E-state index is 0.00880. The Morgan fingerprint density at radius 1 is 0.962 bits per heavy atom. The molecule has 6 heteroatoms. The largest absolute Gasteiger partial charge is 0.366 e. The van der Waals surface area contributed by atoms with Crippen LogP contribution >= 0.6 is 0 Å². The smallest absolute Gasteiger partial charge is 0.275 e. The lowest BCUT2D eigenvalue weighted by atomic mass is 10.1. The lowest BCUT2D eigenvalue weighted by Crippen LogP contribution is -2.20. The number of carbonyl (C=O) groups excluding carboxylic acids is 2. The van der Waals surface area contributed by atoms with Gasteiger partial charge in [0.25, 0.3) is 5.91 Å². The van der Waals surface area contributed by atoms with Gasteiger partial charge in [-0.2, -0.15) is 0 Å². The summed E-state index contributed by atoms with van der Waals surface area (Å²) in [5.41, 5.74) is 1.48. The first kappa shape index (κ1) is 18.0. The molecule has 1 amide bonds. The summed E-state index contributed by atoms with van der Waals surface area (Å²) in [6.45, 7) is 1.51. The maximum atomic E-state index is 12.3. The van der Waals surface area contributed by atoms with Crippen LogP contribution in [0.5, 0.6) is 0 Å². The molecule has 1 aromatic carbocycles. The van der Waals surface area contributed by atoms with Gasteiger partial charge in [0.05, 0.1) is 12.4 Å². The second-order valence-corrected chi connectivity index (χ2v) is 6.71. The molecule has 0 radical (unpaired) electrons. The molecule has 1 heterocycles. The van der Waals surface area contributed by atoms with Gasteiger partial charge in [0.2, 0.25) is 0 Å². The highest BCUT2D eigenvalue weighted by Crippen LogP contribution is 2.20. The maximum absolute atomic E-state index is 12.3. The summed E-state index contributed by atoms with van der Waals surface area (Å²) in [7, 11) is 0. The summed E-state index contributed by atoms with van der Waals surface area (Å²) in [4.78, 5) is 32.1. The van der Waals surface area contributed by atoms with Crippen LogP contribution in [0, 0.1) is 0 Å². The number of carbonyl (C=O) groups is 2. The van der Waals surface area contributed by atoms with Gasteiger partial charge in [-0.15, -0.1) is 0 Å². The van der Waals surface area contributed by atoms with Crippen molar-refractivity contribution in [2.24, 2.45) is 0 Å². The van der Waals surface area contributed by atoms with Crippen molar-refractivity contribution in [1.29, 1.82) is 0 Å². The van der Waals surface area contributed by atoms with Gasteiger partial charge in [0.1, 0.15) is 11.5 Å². The van der Waals surface area contributed by atoms with Crippen LogP contribution in [0.2, 0.25) is 0 Å². The molecule has 1 aromatic heterocycles. The monoisotopic (exact) mass is 352 g/mol. The normalized spacial score (nSPS) is 15.1. The summed E-state index contributed by atoms with van der Waals surface area (Å²) in [6, 6.07) is 7.20. The zero-order chi connectivity index (χ0) is 18.4. The van der Waals surface area contributed by atoms with Crippen molar-refractivity contribution in [2.75, 3.05) is 10.6 Å². The van der Waals surface area contributed by atoms with Gasteiger partial charge in [0.15, 0.2) is 5.78 Å². The number of benzene rings is 1. The Labute approximate surface area is 153 Å². The first-order valence-corrected chi connectivity index (χ1v) is 9.13. The molecule has 6 nitrogen and oxygen atoms in total. The number of rotatable bonds is 5. The summed E-state index contributed by atoms with van der Waals surface area (Å²) < 4.78 is 0. The zero-order valence-corrected chi connectivity index (χ0v) is 15.0. The predicted molar refractivity (Wildman–Crippen MR) is 102 cm³/mol. The highest BCUT2D eigenvalue weighted by molar-refractivity contribution is 6.03. The topological polar surface area (TPSA) is 84.0 Å². The number of aromatic nitrogens is 2. The van der Waals surface area contributed by atoms with Gasteiger partial charge in [-0.05, 0) is 44.0 Å². The second kappa shape index (κ2) is 8.56. The molecule has 1 fully saturated rings. The first-order chi connectivity index (χ1) is 12.6. The Kier molecular flexibility index (Phi) is 5.94. The Bertz CT molecular complexity index is 748. The van der Waals surface area contributed by atoms with Gasteiger partial charge >= 0.3 is 0 Å². The van der Waals surface area contributed by atoms with E-state index < -0.39 is 0 Å². The van der Waals surface area contributed by atoms with Gasteiger partial charge in [-0.3, -0.25) is 9.59 Å². The highest BCUT2D eigenvalue weighted by Gasteiger charge is 2.14. The van der Waals surface area contributed by atoms with Crippen molar-refractivity contribution in [3.05, 3.63) is 47.9 Å². The predicted octanol–water partition coefficient (Wildman–Crippen LogP) is 4.07. The molecule has 1 aliphatic carbocycles. The van der Waals surface area contributed by atoms with Crippen LogP contribution in [0.15, 0.2) is 36.7 Å². The highest BCUT2D eigenvalue weighted by atomic mass is 16.2. The fourth-order valence-electron chi connectivity index (χ4n) is 3.14. The second-order valence-electron chi connectivity index (χ2n) is 6.71. The fourth-order valence-corrected chi connectivity index (χ4v) is 3.14. The van der Waals surface area contributed by atoms with Crippen molar-refractivity contribution in [2.45, 2.75) is 51.5 Å². The van der Waals surface area contributed by atoms with Gasteiger partial charge < -0.3 is 10.6 Å². The van der Waals surface area contributed by atoms with Gasteiger partial charge in [-0.25, -0.2) is 9.97 Å². The van der Waals surface area contributed by atoms with Crippen LogP contribution in [0.1, 0.15) is 66.3 Å². The van der Waals surface area contributed by atoms with Crippen molar-refractivity contribution in [3.63, 3.8) is 0 Å². The van der Waals surface area contributed by atoms with E-state index in [1.807, 2.05) is 0 Å². The standard InChI is InChI=1S/C20H24N4O2/c1-14(25)15-8-10-17(11-9-15)24-20(26)18-12-22-19(13-21-18)23-16-6-4-2-3-5-7-16/h8-13,16H,2-7H2,1H3,(H,22,23)(H,24,26). The maximum Gasteiger partial charge on any atom is 0.275 e. The average molecular weight is 352 g/mol. The van der Waals surface area contributed by atoms with Crippen LogP contribution in [0.4, 0.5) is 11.5 Å². The molecule has 0 unspecified atom stereocenters. The zero-order valence-electron chi connectivity index (χ0n) is 15.0. The van der Waals surface area contributed by atoms with Crippen LogP contribution < -0.4 is 10.6 Å². The van der Waals surface area contributed by atoms with Crippen molar-refractivity contribution >= 4 is 23.2 Å². The number of hydrogen-bond donors (Lipinski definition) is 2. The molecule has 2 aromatic rings. The molecule has 136 valence electrons. The molecule has 1 saturated carbocycles. The van der Waals surface area contributed by atoms with E-state index in [0.29, 0.717) is 23.1 Å². The minimum Gasteiger partial charge on any atom is -0.366 e. The third-order valence-electron chi connectivity index (χ3n) is 4.64. The van der Waals surface area contributed by atoms with Gasteiger partial charge in [-0.1, -0.05) is 25.7 Å². The van der Waals surface area contributed by atoms with Crippen LogP contribution in [0.25, 0.3) is 0 Å². The average Bonchev–Trinajstić information content (AvgIpc) is 2.91. The van der Waals surface area contributed by atoms with Crippen LogP contribution in [0.3, 0.4) is 0 Å². The van der Waals surface area contributed by atoms with Crippen LogP contribution in [-0.2, 0) is 0 Å². The van der Waals surface area contributed by atoms with E-state index >= 15 is 0 Å². The Balaban J connectivity index is 1.58. The molecule has 1 aliphatic rings. The van der Waals surface area contributed by atoms with Crippen molar-refractivity contribution in [3.8, 4) is 0 Å². The molecule has 0 spiro atoms. The molecule has 3 rings (SSSR count). The summed E-state index contributed by atoms with van der Waals surface area (Å²) >= 11 is 0. The van der Waals surface area contributed by atoms with Crippen molar-refractivity contribution < 1.29 is 9.59 Å². The SMILES string of the molecule is CC(=O)c1ccc(NC(=O)c2cnc(NC3CCCCCC3)cn2)cc1. The van der Waals surface area contributed by atoms with E-state index in [1.54, 1.807) is 30.5 Å². The molecule has 0 aliphatic heterocycles. The van der Waals surface area contributed by atoms with E-state index in [2.05, 4.69) is 20.6 Å².